The van der Waals surface area contributed by atoms with E-state index in [2.05, 4.69) is 24.9 Å². The molecule has 1 unspecified atom stereocenters. The topological polar surface area (TPSA) is 79.0 Å². The van der Waals surface area contributed by atoms with Crippen LogP contribution in [0.4, 0.5) is 5.69 Å². The van der Waals surface area contributed by atoms with Gasteiger partial charge in [0.05, 0.1) is 5.69 Å². The normalized spacial score (nSPS) is 14.4. The van der Waals surface area contributed by atoms with Crippen LogP contribution in [-0.4, -0.2) is 18.2 Å². The van der Waals surface area contributed by atoms with Crippen molar-refractivity contribution in [1.82, 2.24) is 5.32 Å². The molecule has 1 aliphatic rings. The van der Waals surface area contributed by atoms with Crippen LogP contribution in [0, 0.1) is 5.41 Å². The minimum absolute atomic E-state index is 0.0319. The third kappa shape index (κ3) is 3.99. The van der Waals surface area contributed by atoms with Crippen molar-refractivity contribution in [2.45, 2.75) is 39.2 Å². The van der Waals surface area contributed by atoms with Crippen molar-refractivity contribution in [2.75, 3.05) is 5.73 Å². The molecule has 122 valence electrons. The van der Waals surface area contributed by atoms with Crippen molar-refractivity contribution in [2.24, 2.45) is 0 Å². The third-order valence-electron chi connectivity index (χ3n) is 3.93. The monoisotopic (exact) mass is 329 g/mol. The molecule has 0 spiro atoms. The molecule has 1 heterocycles. The van der Waals surface area contributed by atoms with Crippen LogP contribution in [0.2, 0.25) is 0 Å². The minimum atomic E-state index is -0.140. The van der Waals surface area contributed by atoms with Gasteiger partial charge in [-0.15, -0.1) is 11.3 Å². The van der Waals surface area contributed by atoms with Crippen molar-refractivity contribution in [3.63, 3.8) is 0 Å². The van der Waals surface area contributed by atoms with Crippen molar-refractivity contribution < 1.29 is 4.79 Å². The number of carbonyl (C=O) groups is 1. The number of allylic oxidation sites excluding steroid dienone is 3. The standard InChI is InChI=1S/C18H23N3OS/c1-4-13(9-12(3)10-19)21-18(22)17-16(20)14-7-5-11(2)6-8-15(14)23-17/h5-7,10,13,19H,3-4,8-9,20H2,1-2H3,(H,21,22). The summed E-state index contributed by atoms with van der Waals surface area (Å²) in [6.45, 7) is 7.86. The molecule has 1 aromatic rings. The number of nitrogen functional groups attached to an aromatic ring is 1. The molecule has 1 atom stereocenters. The Morgan fingerprint density at radius 2 is 2.30 bits per heavy atom. The summed E-state index contributed by atoms with van der Waals surface area (Å²) in [5.74, 6) is -0.140. The third-order valence-corrected chi connectivity index (χ3v) is 5.17. The van der Waals surface area contributed by atoms with Crippen molar-refractivity contribution >= 4 is 35.2 Å². The van der Waals surface area contributed by atoms with Gasteiger partial charge in [-0.25, -0.2) is 0 Å². The zero-order chi connectivity index (χ0) is 17.0. The van der Waals surface area contributed by atoms with E-state index in [9.17, 15) is 4.79 Å². The van der Waals surface area contributed by atoms with Crippen LogP contribution in [0.25, 0.3) is 6.08 Å². The number of hydrogen-bond acceptors (Lipinski definition) is 4. The largest absolute Gasteiger partial charge is 0.397 e. The average molecular weight is 329 g/mol. The number of nitrogens with two attached hydrogens (primary N) is 1. The Hall–Kier alpha value is -2.14. The molecule has 0 bridgehead atoms. The number of thiophene rings is 1. The number of hydrogen-bond donors (Lipinski definition) is 3. The molecule has 0 fully saturated rings. The van der Waals surface area contributed by atoms with Gasteiger partial charge in [0.15, 0.2) is 0 Å². The van der Waals surface area contributed by atoms with Gasteiger partial charge in [-0.2, -0.15) is 0 Å². The van der Waals surface area contributed by atoms with E-state index in [-0.39, 0.29) is 11.9 Å². The van der Waals surface area contributed by atoms with Crippen molar-refractivity contribution in [1.29, 1.82) is 5.41 Å². The number of fused-ring (bicyclic) bond motifs is 1. The lowest BCUT2D eigenvalue weighted by Crippen LogP contribution is -2.34. The molecule has 4 N–H and O–H groups in total. The summed E-state index contributed by atoms with van der Waals surface area (Å²) in [5.41, 5.74) is 9.64. The smallest absolute Gasteiger partial charge is 0.263 e. The van der Waals surface area contributed by atoms with Crippen LogP contribution in [0.1, 0.15) is 46.8 Å². The first kappa shape index (κ1) is 17.2. The molecule has 0 aliphatic heterocycles. The molecular weight excluding hydrogens is 306 g/mol. The Labute approximate surface area is 141 Å². The molecule has 0 aromatic carbocycles. The Bertz CT molecular complexity index is 697. The van der Waals surface area contributed by atoms with E-state index in [1.165, 1.54) is 23.1 Å². The van der Waals surface area contributed by atoms with Crippen molar-refractivity contribution in [3.05, 3.63) is 45.2 Å². The van der Waals surface area contributed by atoms with Crippen LogP contribution in [0.15, 0.2) is 29.9 Å². The Balaban J connectivity index is 2.18. The molecule has 0 radical (unpaired) electrons. The van der Waals surface area contributed by atoms with Gasteiger partial charge in [0.2, 0.25) is 0 Å². The highest BCUT2D eigenvalue weighted by atomic mass is 32.1. The Morgan fingerprint density at radius 3 is 2.96 bits per heavy atom. The lowest BCUT2D eigenvalue weighted by Gasteiger charge is -2.16. The molecular formula is C18H23N3OS. The highest BCUT2D eigenvalue weighted by Gasteiger charge is 2.21. The maximum atomic E-state index is 12.6. The number of nitrogens with one attached hydrogen (secondary N) is 2. The zero-order valence-corrected chi connectivity index (χ0v) is 14.4. The predicted octanol–water partition coefficient (Wildman–Crippen LogP) is 3.95. The van der Waals surface area contributed by atoms with E-state index in [4.69, 9.17) is 11.1 Å². The molecule has 4 nitrogen and oxygen atoms in total. The summed E-state index contributed by atoms with van der Waals surface area (Å²) in [6, 6.07) is -0.0319. The van der Waals surface area contributed by atoms with Gasteiger partial charge in [0, 0.05) is 29.1 Å². The van der Waals surface area contributed by atoms with E-state index in [0.29, 0.717) is 22.6 Å². The predicted molar refractivity (Wildman–Crippen MR) is 99.3 cm³/mol. The Kier molecular flexibility index (Phi) is 5.55. The second kappa shape index (κ2) is 7.42. The summed E-state index contributed by atoms with van der Waals surface area (Å²) in [6.07, 6.45) is 9.56. The Morgan fingerprint density at radius 1 is 1.57 bits per heavy atom. The first-order chi connectivity index (χ1) is 11.0. The van der Waals surface area contributed by atoms with E-state index >= 15 is 0 Å². The van der Waals surface area contributed by atoms with Gasteiger partial charge in [-0.1, -0.05) is 37.3 Å². The van der Waals surface area contributed by atoms with Gasteiger partial charge < -0.3 is 16.5 Å². The fourth-order valence-electron chi connectivity index (χ4n) is 2.47. The molecule has 1 aromatic heterocycles. The van der Waals surface area contributed by atoms with Crippen LogP contribution in [0.3, 0.4) is 0 Å². The summed E-state index contributed by atoms with van der Waals surface area (Å²) >= 11 is 1.46. The average Bonchev–Trinajstić information content (AvgIpc) is 2.73. The summed E-state index contributed by atoms with van der Waals surface area (Å²) in [7, 11) is 0. The van der Waals surface area contributed by atoms with Gasteiger partial charge in [-0.05, 0) is 25.3 Å². The highest BCUT2D eigenvalue weighted by Crippen LogP contribution is 2.34. The molecule has 2 rings (SSSR count). The quantitative estimate of drug-likeness (QED) is 0.691. The fraction of sp³-hybridized carbons (Fsp3) is 0.333. The summed E-state index contributed by atoms with van der Waals surface area (Å²) in [5, 5.41) is 10.2. The van der Waals surface area contributed by atoms with Gasteiger partial charge in [0.25, 0.3) is 5.91 Å². The zero-order valence-electron chi connectivity index (χ0n) is 13.6. The highest BCUT2D eigenvalue weighted by molar-refractivity contribution is 7.15. The van der Waals surface area contributed by atoms with Crippen molar-refractivity contribution in [3.8, 4) is 0 Å². The van der Waals surface area contributed by atoms with Crippen LogP contribution >= 0.6 is 11.3 Å². The second-order valence-electron chi connectivity index (χ2n) is 5.75. The van der Waals surface area contributed by atoms with E-state index in [1.54, 1.807) is 0 Å². The number of carbonyl (C=O) groups excluding carboxylic acids is 1. The van der Waals surface area contributed by atoms with Gasteiger partial charge in [0.1, 0.15) is 4.88 Å². The fourth-order valence-corrected chi connectivity index (χ4v) is 3.54. The van der Waals surface area contributed by atoms with Gasteiger partial charge in [-0.3, -0.25) is 4.79 Å². The lowest BCUT2D eigenvalue weighted by atomic mass is 10.1. The first-order valence-electron chi connectivity index (χ1n) is 7.71. The SMILES string of the molecule is C=C(C=N)CC(CC)NC(=O)c1sc2c(c1N)C=CC(C)=CC2. The maximum Gasteiger partial charge on any atom is 0.263 e. The van der Waals surface area contributed by atoms with E-state index in [1.807, 2.05) is 19.1 Å². The van der Waals surface area contributed by atoms with Gasteiger partial charge >= 0.3 is 0 Å². The number of amides is 1. The van der Waals surface area contributed by atoms with E-state index in [0.717, 1.165) is 23.3 Å². The first-order valence-corrected chi connectivity index (χ1v) is 8.53. The summed E-state index contributed by atoms with van der Waals surface area (Å²) in [4.78, 5) is 14.3. The van der Waals surface area contributed by atoms with Crippen LogP contribution in [0.5, 0.6) is 0 Å². The maximum absolute atomic E-state index is 12.6. The lowest BCUT2D eigenvalue weighted by molar-refractivity contribution is 0.0941. The molecule has 1 amide bonds. The molecule has 0 saturated carbocycles. The summed E-state index contributed by atoms with van der Waals surface area (Å²) < 4.78 is 0. The molecule has 0 saturated heterocycles. The minimum Gasteiger partial charge on any atom is -0.397 e. The molecule has 5 heteroatoms. The van der Waals surface area contributed by atoms with E-state index < -0.39 is 0 Å². The molecule has 1 aliphatic carbocycles. The number of anilines is 1. The molecule has 23 heavy (non-hydrogen) atoms. The van der Waals surface area contributed by atoms with Crippen LogP contribution < -0.4 is 11.1 Å². The van der Waals surface area contributed by atoms with Crippen LogP contribution in [-0.2, 0) is 6.42 Å². The number of rotatable bonds is 6. The second-order valence-corrected chi connectivity index (χ2v) is 6.86.